The van der Waals surface area contributed by atoms with Gasteiger partial charge in [0.05, 0.1) is 6.26 Å². The summed E-state index contributed by atoms with van der Waals surface area (Å²) in [5.74, 6) is -0.312. The van der Waals surface area contributed by atoms with E-state index >= 15 is 0 Å². The van der Waals surface area contributed by atoms with E-state index < -0.39 is 0 Å². The Hall–Kier alpha value is -1.09. The van der Waals surface area contributed by atoms with Gasteiger partial charge < -0.3 is 4.74 Å². The minimum Gasteiger partial charge on any atom is -0.435 e. The topological polar surface area (TPSA) is 26.3 Å². The molecule has 0 N–H and O–H groups in total. The lowest BCUT2D eigenvalue weighted by Crippen LogP contribution is -1.88. The summed E-state index contributed by atoms with van der Waals surface area (Å²) in [6, 6.07) is 7.69. The van der Waals surface area contributed by atoms with Gasteiger partial charge in [0.1, 0.15) is 0 Å². The van der Waals surface area contributed by atoms with E-state index in [1.807, 2.05) is 24.3 Å². The molecule has 13 heavy (non-hydrogen) atoms. The molecule has 0 aromatic heterocycles. The normalized spacial score (nSPS) is 10.3. The van der Waals surface area contributed by atoms with Gasteiger partial charge in [0.2, 0.25) is 0 Å². The van der Waals surface area contributed by atoms with Crippen molar-refractivity contribution in [2.75, 3.05) is 0 Å². The van der Waals surface area contributed by atoms with Crippen LogP contribution in [0.5, 0.6) is 0 Å². The van der Waals surface area contributed by atoms with Crippen molar-refractivity contribution in [1.82, 2.24) is 0 Å². The van der Waals surface area contributed by atoms with Crippen LogP contribution < -0.4 is 0 Å². The maximum absolute atomic E-state index is 10.4. The highest BCUT2D eigenvalue weighted by molar-refractivity contribution is 9.10. The van der Waals surface area contributed by atoms with Crippen LogP contribution in [0, 0.1) is 0 Å². The van der Waals surface area contributed by atoms with E-state index in [0.29, 0.717) is 0 Å². The predicted octanol–water partition coefficient (Wildman–Crippen LogP) is 2.98. The molecule has 0 fully saturated rings. The molecule has 0 heterocycles. The van der Waals surface area contributed by atoms with E-state index in [4.69, 9.17) is 0 Å². The molecule has 0 amide bonds. The van der Waals surface area contributed by atoms with Crippen molar-refractivity contribution in [2.45, 2.75) is 6.92 Å². The molecule has 1 aromatic carbocycles. The number of benzene rings is 1. The van der Waals surface area contributed by atoms with Gasteiger partial charge in [0, 0.05) is 11.4 Å². The molecule has 68 valence electrons. The second-order valence-electron chi connectivity index (χ2n) is 2.46. The lowest BCUT2D eigenvalue weighted by Gasteiger charge is -1.93. The Morgan fingerprint density at radius 3 is 2.54 bits per heavy atom. The number of carbonyl (C=O) groups is 1. The average molecular weight is 241 g/mol. The first kappa shape index (κ1) is 9.99. The van der Waals surface area contributed by atoms with Crippen LogP contribution in [0.25, 0.3) is 6.08 Å². The first-order valence-electron chi connectivity index (χ1n) is 3.78. The second-order valence-corrected chi connectivity index (χ2v) is 3.38. The highest BCUT2D eigenvalue weighted by atomic mass is 79.9. The van der Waals surface area contributed by atoms with Crippen molar-refractivity contribution < 1.29 is 9.53 Å². The van der Waals surface area contributed by atoms with Crippen molar-refractivity contribution in [3.63, 3.8) is 0 Å². The quantitative estimate of drug-likeness (QED) is 0.587. The van der Waals surface area contributed by atoms with Crippen molar-refractivity contribution in [2.24, 2.45) is 0 Å². The van der Waals surface area contributed by atoms with Crippen molar-refractivity contribution in [1.29, 1.82) is 0 Å². The van der Waals surface area contributed by atoms with Gasteiger partial charge >= 0.3 is 5.97 Å². The van der Waals surface area contributed by atoms with E-state index in [1.54, 1.807) is 6.08 Å². The molecule has 0 bridgehead atoms. The Morgan fingerprint density at radius 2 is 2.00 bits per heavy atom. The molecule has 3 heteroatoms. The largest absolute Gasteiger partial charge is 0.435 e. The molecule has 0 saturated carbocycles. The maximum atomic E-state index is 10.4. The van der Waals surface area contributed by atoms with Crippen LogP contribution in [0.1, 0.15) is 12.5 Å². The first-order valence-corrected chi connectivity index (χ1v) is 4.57. The van der Waals surface area contributed by atoms with Gasteiger partial charge in [0.15, 0.2) is 0 Å². The van der Waals surface area contributed by atoms with Gasteiger partial charge in [-0.3, -0.25) is 4.79 Å². The van der Waals surface area contributed by atoms with Gasteiger partial charge in [-0.2, -0.15) is 0 Å². The van der Waals surface area contributed by atoms with Gasteiger partial charge in [-0.1, -0.05) is 28.1 Å². The van der Waals surface area contributed by atoms with Gasteiger partial charge in [-0.25, -0.2) is 0 Å². The zero-order chi connectivity index (χ0) is 9.68. The molecule has 0 aliphatic rings. The predicted molar refractivity (Wildman–Crippen MR) is 54.9 cm³/mol. The fourth-order valence-electron chi connectivity index (χ4n) is 0.782. The second kappa shape index (κ2) is 4.82. The van der Waals surface area contributed by atoms with Crippen LogP contribution in [0.3, 0.4) is 0 Å². The zero-order valence-electron chi connectivity index (χ0n) is 7.16. The zero-order valence-corrected chi connectivity index (χ0v) is 8.74. The van der Waals surface area contributed by atoms with Gasteiger partial charge in [-0.05, 0) is 23.8 Å². The molecule has 0 spiro atoms. The fraction of sp³-hybridized carbons (Fsp3) is 0.100. The lowest BCUT2D eigenvalue weighted by atomic mass is 10.2. The molecule has 1 rings (SSSR count). The molecule has 0 aliphatic carbocycles. The maximum Gasteiger partial charge on any atom is 0.307 e. The summed E-state index contributed by atoms with van der Waals surface area (Å²) in [6.45, 7) is 1.37. The van der Waals surface area contributed by atoms with Crippen molar-refractivity contribution >= 4 is 28.0 Å². The molecular weight excluding hydrogens is 232 g/mol. The van der Waals surface area contributed by atoms with E-state index in [0.717, 1.165) is 10.0 Å². The highest BCUT2D eigenvalue weighted by Gasteiger charge is 1.88. The molecular formula is C10H9BrO2. The monoisotopic (exact) mass is 240 g/mol. The summed E-state index contributed by atoms with van der Waals surface area (Å²) >= 11 is 3.33. The fourth-order valence-corrected chi connectivity index (χ4v) is 1.05. The summed E-state index contributed by atoms with van der Waals surface area (Å²) in [7, 11) is 0. The Bertz CT molecular complexity index is 314. The lowest BCUT2D eigenvalue weighted by molar-refractivity contribution is -0.135. The van der Waals surface area contributed by atoms with E-state index in [9.17, 15) is 4.79 Å². The number of carbonyl (C=O) groups excluding carboxylic acids is 1. The minimum absolute atomic E-state index is 0.312. The van der Waals surface area contributed by atoms with Crippen LogP contribution in [-0.2, 0) is 9.53 Å². The Balaban J connectivity index is 2.59. The first-order chi connectivity index (χ1) is 6.18. The van der Waals surface area contributed by atoms with E-state index in [1.165, 1.54) is 13.2 Å². The summed E-state index contributed by atoms with van der Waals surface area (Å²) < 4.78 is 5.67. The number of ether oxygens (including phenoxy) is 1. The van der Waals surface area contributed by atoms with E-state index in [2.05, 4.69) is 20.7 Å². The van der Waals surface area contributed by atoms with Crippen LogP contribution in [0.2, 0.25) is 0 Å². The highest BCUT2D eigenvalue weighted by Crippen LogP contribution is 2.11. The number of hydrogen-bond donors (Lipinski definition) is 0. The molecule has 0 radical (unpaired) electrons. The van der Waals surface area contributed by atoms with Gasteiger partial charge in [-0.15, -0.1) is 0 Å². The molecule has 0 aliphatic heterocycles. The molecule has 1 aromatic rings. The summed E-state index contributed by atoms with van der Waals surface area (Å²) in [4.78, 5) is 10.4. The number of rotatable bonds is 2. The third kappa shape index (κ3) is 3.90. The number of halogens is 1. The Labute approximate surface area is 85.3 Å². The third-order valence-corrected chi connectivity index (χ3v) is 1.89. The summed E-state index contributed by atoms with van der Waals surface area (Å²) in [5.41, 5.74) is 0.990. The molecule has 0 unspecified atom stereocenters. The molecule has 0 atom stereocenters. The van der Waals surface area contributed by atoms with Crippen LogP contribution in [0.4, 0.5) is 0 Å². The SMILES string of the molecule is CC(=O)O/C=C/c1ccc(Br)cc1. The Morgan fingerprint density at radius 1 is 1.38 bits per heavy atom. The third-order valence-electron chi connectivity index (χ3n) is 1.36. The Kier molecular flexibility index (Phi) is 3.71. The standard InChI is InChI=1S/C10H9BrO2/c1-8(12)13-7-6-9-2-4-10(11)5-3-9/h2-7H,1H3/b7-6+. The van der Waals surface area contributed by atoms with Gasteiger partial charge in [0.25, 0.3) is 0 Å². The minimum atomic E-state index is -0.312. The molecule has 0 saturated heterocycles. The average Bonchev–Trinajstić information content (AvgIpc) is 2.08. The van der Waals surface area contributed by atoms with Crippen molar-refractivity contribution in [3.8, 4) is 0 Å². The van der Waals surface area contributed by atoms with Crippen molar-refractivity contribution in [3.05, 3.63) is 40.6 Å². The summed E-state index contributed by atoms with van der Waals surface area (Å²) in [6.07, 6.45) is 3.11. The van der Waals surface area contributed by atoms with Crippen LogP contribution in [0.15, 0.2) is 35.0 Å². The molecule has 2 nitrogen and oxygen atoms in total. The smallest absolute Gasteiger partial charge is 0.307 e. The number of hydrogen-bond acceptors (Lipinski definition) is 2. The van der Waals surface area contributed by atoms with Crippen LogP contribution in [-0.4, -0.2) is 5.97 Å². The summed E-state index contributed by atoms with van der Waals surface area (Å²) in [5, 5.41) is 0. The van der Waals surface area contributed by atoms with Crippen LogP contribution >= 0.6 is 15.9 Å². The number of esters is 1. The van der Waals surface area contributed by atoms with E-state index in [-0.39, 0.29) is 5.97 Å².